The summed E-state index contributed by atoms with van der Waals surface area (Å²) >= 11 is 6.57. The Morgan fingerprint density at radius 3 is 2.81 bits per heavy atom. The van der Waals surface area contributed by atoms with E-state index in [9.17, 15) is 9.59 Å². The van der Waals surface area contributed by atoms with Gasteiger partial charge in [-0.05, 0) is 37.3 Å². The highest BCUT2D eigenvalue weighted by atomic mass is 35.5. The molecule has 9 heteroatoms. The van der Waals surface area contributed by atoms with Crippen LogP contribution >= 0.6 is 11.6 Å². The molecule has 0 aromatic heterocycles. The SMILES string of the molecule is COc1cc(NCC2CC3CC(Cl)C(OCC(=O)N(C)C)CC3NC2=O)ccc1C#N. The number of hydrogen-bond donors (Lipinski definition) is 2. The number of fused-ring (bicyclic) bond motifs is 1. The molecule has 1 aliphatic carbocycles. The number of benzene rings is 1. The maximum atomic E-state index is 12.7. The summed E-state index contributed by atoms with van der Waals surface area (Å²) in [5, 5.41) is 15.3. The Bertz CT molecular complexity index is 856. The van der Waals surface area contributed by atoms with Crippen molar-refractivity contribution in [3.05, 3.63) is 23.8 Å². The second-order valence-electron chi connectivity index (χ2n) is 8.34. The minimum Gasteiger partial charge on any atom is -0.495 e. The molecule has 1 heterocycles. The van der Waals surface area contributed by atoms with E-state index < -0.39 is 0 Å². The van der Waals surface area contributed by atoms with Gasteiger partial charge in [0.15, 0.2) is 0 Å². The van der Waals surface area contributed by atoms with Crippen LogP contribution in [0.25, 0.3) is 0 Å². The van der Waals surface area contributed by atoms with Crippen molar-refractivity contribution in [1.82, 2.24) is 10.2 Å². The summed E-state index contributed by atoms with van der Waals surface area (Å²) in [6.07, 6.45) is 1.82. The van der Waals surface area contributed by atoms with E-state index in [1.54, 1.807) is 32.3 Å². The fourth-order valence-corrected chi connectivity index (χ4v) is 4.60. The zero-order chi connectivity index (χ0) is 22.5. The number of nitrogens with zero attached hydrogens (tertiary/aromatic N) is 2. The first kappa shape index (κ1) is 23.2. The van der Waals surface area contributed by atoms with Gasteiger partial charge < -0.3 is 25.0 Å². The first-order chi connectivity index (χ1) is 14.8. The van der Waals surface area contributed by atoms with Crippen molar-refractivity contribution in [3.8, 4) is 11.8 Å². The molecule has 2 N–H and O–H groups in total. The number of piperidine rings is 1. The average molecular weight is 449 g/mol. The van der Waals surface area contributed by atoms with Crippen LogP contribution in [-0.4, -0.2) is 68.6 Å². The molecule has 2 fully saturated rings. The molecule has 2 amide bonds. The number of carbonyl (C=O) groups is 2. The van der Waals surface area contributed by atoms with Crippen LogP contribution in [0.3, 0.4) is 0 Å². The van der Waals surface area contributed by atoms with Gasteiger partial charge in [-0.15, -0.1) is 11.6 Å². The molecule has 1 aliphatic heterocycles. The number of hydrogen-bond acceptors (Lipinski definition) is 6. The highest BCUT2D eigenvalue weighted by Gasteiger charge is 2.43. The van der Waals surface area contributed by atoms with Crippen molar-refractivity contribution >= 4 is 29.1 Å². The molecule has 1 aromatic carbocycles. The summed E-state index contributed by atoms with van der Waals surface area (Å²) in [5.41, 5.74) is 1.26. The lowest BCUT2D eigenvalue weighted by atomic mass is 9.74. The van der Waals surface area contributed by atoms with Crippen LogP contribution < -0.4 is 15.4 Å². The van der Waals surface area contributed by atoms with Gasteiger partial charge in [-0.25, -0.2) is 0 Å². The molecule has 5 unspecified atom stereocenters. The Hall–Kier alpha value is -2.50. The van der Waals surface area contributed by atoms with E-state index in [0.717, 1.165) is 18.5 Å². The number of anilines is 1. The third-order valence-corrected chi connectivity index (χ3v) is 6.53. The van der Waals surface area contributed by atoms with E-state index in [4.69, 9.17) is 26.3 Å². The van der Waals surface area contributed by atoms with E-state index in [1.807, 2.05) is 0 Å². The second-order valence-corrected chi connectivity index (χ2v) is 8.90. The van der Waals surface area contributed by atoms with Gasteiger partial charge >= 0.3 is 0 Å². The second kappa shape index (κ2) is 10.2. The number of amides is 2. The predicted octanol–water partition coefficient (Wildman–Crippen LogP) is 1.97. The zero-order valence-corrected chi connectivity index (χ0v) is 18.8. The van der Waals surface area contributed by atoms with Crippen LogP contribution in [-0.2, 0) is 14.3 Å². The fraction of sp³-hybridized carbons (Fsp3) is 0.591. The molecule has 8 nitrogen and oxygen atoms in total. The van der Waals surface area contributed by atoms with Crippen LogP contribution in [0.4, 0.5) is 5.69 Å². The van der Waals surface area contributed by atoms with Gasteiger partial charge in [-0.1, -0.05) is 0 Å². The molecule has 1 aromatic rings. The number of carbonyl (C=O) groups excluding carboxylic acids is 2. The molecule has 1 saturated carbocycles. The maximum absolute atomic E-state index is 12.7. The quantitative estimate of drug-likeness (QED) is 0.618. The van der Waals surface area contributed by atoms with E-state index in [-0.39, 0.29) is 47.8 Å². The number of ether oxygens (including phenoxy) is 2. The maximum Gasteiger partial charge on any atom is 0.248 e. The number of nitrogens with one attached hydrogen (secondary N) is 2. The number of rotatable bonds is 7. The molecular formula is C22H29ClN4O4. The van der Waals surface area contributed by atoms with Gasteiger partial charge in [0.2, 0.25) is 11.8 Å². The van der Waals surface area contributed by atoms with Crippen LogP contribution in [0.5, 0.6) is 5.75 Å². The number of halogens is 1. The average Bonchev–Trinajstić information content (AvgIpc) is 2.76. The van der Waals surface area contributed by atoms with Crippen molar-refractivity contribution in [2.45, 2.75) is 36.8 Å². The molecule has 0 radical (unpaired) electrons. The standard InChI is InChI=1S/C22H29ClN4O4/c1-27(2)21(28)12-31-20-9-18-14(7-17(20)23)6-15(22(29)26-18)11-25-16-5-4-13(10-24)19(8-16)30-3/h4-5,8,14-15,17-18,20,25H,6-7,9,11-12H2,1-3H3,(H,26,29). The smallest absolute Gasteiger partial charge is 0.248 e. The third kappa shape index (κ3) is 5.60. The third-order valence-electron chi connectivity index (χ3n) is 6.07. The first-order valence-electron chi connectivity index (χ1n) is 10.4. The van der Waals surface area contributed by atoms with Gasteiger partial charge in [-0.2, -0.15) is 5.26 Å². The molecule has 5 atom stereocenters. The van der Waals surface area contributed by atoms with Crippen molar-refractivity contribution in [3.63, 3.8) is 0 Å². The Kier molecular flexibility index (Phi) is 7.63. The minimum atomic E-state index is -0.257. The Balaban J connectivity index is 1.55. The summed E-state index contributed by atoms with van der Waals surface area (Å²) in [4.78, 5) is 26.0. The summed E-state index contributed by atoms with van der Waals surface area (Å²) in [5.74, 6) is 0.484. The fourth-order valence-electron chi connectivity index (χ4n) is 4.20. The lowest BCUT2D eigenvalue weighted by Crippen LogP contribution is -2.56. The Morgan fingerprint density at radius 2 is 2.13 bits per heavy atom. The van der Waals surface area contributed by atoms with Gasteiger partial charge in [0, 0.05) is 38.4 Å². The highest BCUT2D eigenvalue weighted by molar-refractivity contribution is 6.21. The molecule has 2 aliphatic rings. The topological polar surface area (TPSA) is 104 Å². The zero-order valence-electron chi connectivity index (χ0n) is 18.1. The highest BCUT2D eigenvalue weighted by Crippen LogP contribution is 2.37. The Morgan fingerprint density at radius 1 is 1.35 bits per heavy atom. The monoisotopic (exact) mass is 448 g/mol. The minimum absolute atomic E-state index is 0.00509. The van der Waals surface area contributed by atoms with Crippen molar-refractivity contribution in [2.75, 3.05) is 39.7 Å². The molecule has 168 valence electrons. The lowest BCUT2D eigenvalue weighted by Gasteiger charge is -2.44. The number of nitriles is 1. The predicted molar refractivity (Wildman–Crippen MR) is 117 cm³/mol. The molecule has 1 saturated heterocycles. The normalized spacial score (nSPS) is 27.5. The number of likely N-dealkylation sites (N-methyl/N-ethyl adjacent to an activating group) is 1. The van der Waals surface area contributed by atoms with Gasteiger partial charge in [0.05, 0.1) is 30.1 Å². The molecular weight excluding hydrogens is 420 g/mol. The summed E-state index contributed by atoms with van der Waals surface area (Å²) in [6.45, 7) is 0.473. The van der Waals surface area contributed by atoms with Gasteiger partial charge in [-0.3, -0.25) is 9.59 Å². The van der Waals surface area contributed by atoms with E-state index in [2.05, 4.69) is 16.7 Å². The van der Waals surface area contributed by atoms with E-state index >= 15 is 0 Å². The molecule has 31 heavy (non-hydrogen) atoms. The molecule has 0 bridgehead atoms. The summed E-state index contributed by atoms with van der Waals surface area (Å²) in [6, 6.07) is 7.35. The summed E-state index contributed by atoms with van der Waals surface area (Å²) < 4.78 is 11.0. The van der Waals surface area contributed by atoms with Gasteiger partial charge in [0.1, 0.15) is 18.4 Å². The number of methoxy groups -OCH3 is 1. The van der Waals surface area contributed by atoms with Crippen LogP contribution in [0.2, 0.25) is 0 Å². The number of alkyl halides is 1. The largest absolute Gasteiger partial charge is 0.495 e. The van der Waals surface area contributed by atoms with Crippen molar-refractivity contribution in [1.29, 1.82) is 5.26 Å². The van der Waals surface area contributed by atoms with Crippen molar-refractivity contribution < 1.29 is 19.1 Å². The van der Waals surface area contributed by atoms with E-state index in [0.29, 0.717) is 24.3 Å². The van der Waals surface area contributed by atoms with E-state index in [1.165, 1.54) is 12.0 Å². The van der Waals surface area contributed by atoms with Gasteiger partial charge in [0.25, 0.3) is 0 Å². The van der Waals surface area contributed by atoms with Crippen molar-refractivity contribution in [2.24, 2.45) is 11.8 Å². The summed E-state index contributed by atoms with van der Waals surface area (Å²) in [7, 11) is 4.89. The van der Waals surface area contributed by atoms with Crippen LogP contribution in [0.1, 0.15) is 24.8 Å². The molecule has 0 spiro atoms. The lowest BCUT2D eigenvalue weighted by molar-refractivity contribution is -0.138. The van der Waals surface area contributed by atoms with Crippen LogP contribution in [0.15, 0.2) is 18.2 Å². The van der Waals surface area contributed by atoms with Crippen LogP contribution in [0, 0.1) is 23.2 Å². The first-order valence-corrected chi connectivity index (χ1v) is 10.8. The Labute approximate surface area is 187 Å². The molecule has 3 rings (SSSR count).